The van der Waals surface area contributed by atoms with Gasteiger partial charge < -0.3 is 10.6 Å². The van der Waals surface area contributed by atoms with Crippen molar-refractivity contribution < 1.29 is 16.8 Å². The van der Waals surface area contributed by atoms with Crippen LogP contribution in [0.4, 0.5) is 11.4 Å². The SMILES string of the molecule is CCS(=O)(=O)C(=C(Nc1cccc2ccccc12)Nc1cccc2ccccc12)S(=O)(=O)CC. The molecule has 176 valence electrons. The highest BCUT2D eigenvalue weighted by Gasteiger charge is 2.33. The molecule has 4 aromatic rings. The van der Waals surface area contributed by atoms with Gasteiger partial charge in [0.25, 0.3) is 0 Å². The zero-order chi connectivity index (χ0) is 24.3. The van der Waals surface area contributed by atoms with E-state index in [1.54, 1.807) is 12.1 Å². The highest BCUT2D eigenvalue weighted by molar-refractivity contribution is 8.14. The lowest BCUT2D eigenvalue weighted by molar-refractivity contribution is 0.596. The highest BCUT2D eigenvalue weighted by Crippen LogP contribution is 2.31. The maximum atomic E-state index is 13.1. The standard InChI is InChI=1S/C26H26N2O4S2/c1-3-33(29,30)26(34(31,32)4-2)25(27-23-17-9-13-19-11-5-7-15-21(19)23)28-24-18-10-14-20-12-6-8-16-22(20)24/h5-18,27-28H,3-4H2,1-2H3. The Labute approximate surface area is 200 Å². The van der Waals surface area contributed by atoms with Gasteiger partial charge in [-0.05, 0) is 22.9 Å². The highest BCUT2D eigenvalue weighted by atomic mass is 32.3. The van der Waals surface area contributed by atoms with Gasteiger partial charge in [0.1, 0.15) is 5.82 Å². The molecule has 0 atom stereocenters. The maximum Gasteiger partial charge on any atom is 0.199 e. The van der Waals surface area contributed by atoms with Gasteiger partial charge in [0.05, 0.1) is 11.5 Å². The number of rotatable bonds is 8. The second-order valence-electron chi connectivity index (χ2n) is 7.77. The van der Waals surface area contributed by atoms with E-state index in [2.05, 4.69) is 10.6 Å². The van der Waals surface area contributed by atoms with Crippen LogP contribution < -0.4 is 10.6 Å². The summed E-state index contributed by atoms with van der Waals surface area (Å²) in [6, 6.07) is 26.4. The van der Waals surface area contributed by atoms with E-state index >= 15 is 0 Å². The van der Waals surface area contributed by atoms with Crippen LogP contribution in [0.5, 0.6) is 0 Å². The fourth-order valence-corrected chi connectivity index (χ4v) is 7.44. The van der Waals surface area contributed by atoms with E-state index in [4.69, 9.17) is 0 Å². The van der Waals surface area contributed by atoms with E-state index in [1.165, 1.54) is 13.8 Å². The lowest BCUT2D eigenvalue weighted by atomic mass is 10.1. The molecule has 6 nitrogen and oxygen atoms in total. The second kappa shape index (κ2) is 9.48. The van der Waals surface area contributed by atoms with E-state index in [9.17, 15) is 16.8 Å². The van der Waals surface area contributed by atoms with Gasteiger partial charge in [-0.1, -0.05) is 86.6 Å². The first-order valence-electron chi connectivity index (χ1n) is 11.0. The van der Waals surface area contributed by atoms with Crippen LogP contribution in [0, 0.1) is 0 Å². The molecule has 34 heavy (non-hydrogen) atoms. The first kappa shape index (κ1) is 23.8. The average Bonchev–Trinajstić information content (AvgIpc) is 2.84. The summed E-state index contributed by atoms with van der Waals surface area (Å²) in [6.07, 6.45) is 0. The molecule has 0 aromatic heterocycles. The van der Waals surface area contributed by atoms with Crippen LogP contribution >= 0.6 is 0 Å². The Balaban J connectivity index is 1.99. The molecule has 0 amide bonds. The van der Waals surface area contributed by atoms with Gasteiger partial charge in [0.2, 0.25) is 0 Å². The van der Waals surface area contributed by atoms with Crippen LogP contribution in [0.2, 0.25) is 0 Å². The van der Waals surface area contributed by atoms with Gasteiger partial charge in [0, 0.05) is 22.1 Å². The van der Waals surface area contributed by atoms with Crippen LogP contribution in [-0.2, 0) is 19.7 Å². The van der Waals surface area contributed by atoms with Gasteiger partial charge in [0.15, 0.2) is 23.9 Å². The van der Waals surface area contributed by atoms with Gasteiger partial charge in [-0.25, -0.2) is 16.8 Å². The molecule has 2 N–H and O–H groups in total. The predicted octanol–water partition coefficient (Wildman–Crippen LogP) is 5.51. The fraction of sp³-hybridized carbons (Fsp3) is 0.154. The van der Waals surface area contributed by atoms with Crippen molar-refractivity contribution in [1.82, 2.24) is 0 Å². The number of benzene rings is 4. The van der Waals surface area contributed by atoms with Gasteiger partial charge in [-0.3, -0.25) is 0 Å². The van der Waals surface area contributed by atoms with Gasteiger partial charge >= 0.3 is 0 Å². The molecule has 0 fully saturated rings. The Morgan fingerprint density at radius 2 is 0.971 bits per heavy atom. The quantitative estimate of drug-likeness (QED) is 0.335. The fourth-order valence-electron chi connectivity index (χ4n) is 3.84. The Hall–Kier alpha value is -3.36. The van der Waals surface area contributed by atoms with E-state index < -0.39 is 23.9 Å². The predicted molar refractivity (Wildman–Crippen MR) is 141 cm³/mol. The van der Waals surface area contributed by atoms with Crippen LogP contribution in [-0.4, -0.2) is 28.3 Å². The molecule has 0 saturated carbocycles. The number of fused-ring (bicyclic) bond motifs is 2. The number of nitrogens with one attached hydrogen (secondary N) is 2. The monoisotopic (exact) mass is 494 g/mol. The van der Waals surface area contributed by atoms with Gasteiger partial charge in [-0.2, -0.15) is 0 Å². The van der Waals surface area contributed by atoms with Crippen molar-refractivity contribution in [2.45, 2.75) is 13.8 Å². The summed E-state index contributed by atoms with van der Waals surface area (Å²) in [5.74, 6) is -0.782. The average molecular weight is 495 g/mol. The third-order valence-electron chi connectivity index (χ3n) is 5.63. The van der Waals surface area contributed by atoms with Crippen molar-refractivity contribution in [3.05, 3.63) is 95.0 Å². The summed E-state index contributed by atoms with van der Waals surface area (Å²) >= 11 is 0. The Bertz CT molecular complexity index is 1480. The van der Waals surface area contributed by atoms with Crippen molar-refractivity contribution in [2.24, 2.45) is 0 Å². The molecule has 0 unspecified atom stereocenters. The molecule has 0 bridgehead atoms. The van der Waals surface area contributed by atoms with Crippen molar-refractivity contribution in [2.75, 3.05) is 22.1 Å². The Kier molecular flexibility index (Phi) is 6.63. The molecule has 0 aliphatic rings. The molecule has 0 aliphatic carbocycles. The lowest BCUT2D eigenvalue weighted by Gasteiger charge is -2.20. The summed E-state index contributed by atoms with van der Waals surface area (Å²) in [7, 11) is -8.22. The van der Waals surface area contributed by atoms with Gasteiger partial charge in [-0.15, -0.1) is 0 Å². The third kappa shape index (κ3) is 4.64. The first-order chi connectivity index (χ1) is 16.3. The van der Waals surface area contributed by atoms with E-state index in [0.29, 0.717) is 11.4 Å². The van der Waals surface area contributed by atoms with Crippen LogP contribution in [0.15, 0.2) is 95.0 Å². The molecule has 4 rings (SSSR count). The smallest absolute Gasteiger partial charge is 0.199 e. The van der Waals surface area contributed by atoms with Crippen molar-refractivity contribution >= 4 is 52.6 Å². The first-order valence-corrected chi connectivity index (χ1v) is 14.3. The maximum absolute atomic E-state index is 13.1. The molecular weight excluding hydrogens is 468 g/mol. The molecule has 4 aromatic carbocycles. The second-order valence-corrected chi connectivity index (χ2v) is 12.5. The largest absolute Gasteiger partial charge is 0.340 e. The molecule has 0 heterocycles. The third-order valence-corrected chi connectivity index (χ3v) is 10.2. The lowest BCUT2D eigenvalue weighted by Crippen LogP contribution is -2.25. The minimum Gasteiger partial charge on any atom is -0.340 e. The minimum atomic E-state index is -4.11. The van der Waals surface area contributed by atoms with E-state index in [0.717, 1.165) is 21.5 Å². The van der Waals surface area contributed by atoms with Crippen LogP contribution in [0.3, 0.4) is 0 Å². The molecule has 0 aliphatic heterocycles. The zero-order valence-electron chi connectivity index (χ0n) is 18.9. The number of hydrogen-bond donors (Lipinski definition) is 2. The van der Waals surface area contributed by atoms with Crippen molar-refractivity contribution in [3.8, 4) is 0 Å². The van der Waals surface area contributed by atoms with Crippen LogP contribution in [0.25, 0.3) is 21.5 Å². The number of hydrogen-bond acceptors (Lipinski definition) is 6. The number of sulfone groups is 2. The van der Waals surface area contributed by atoms with Crippen LogP contribution in [0.1, 0.15) is 13.8 Å². The van der Waals surface area contributed by atoms with E-state index in [-0.39, 0.29) is 17.3 Å². The topological polar surface area (TPSA) is 92.3 Å². The summed E-state index contributed by atoms with van der Waals surface area (Å²) in [6.45, 7) is 2.88. The summed E-state index contributed by atoms with van der Waals surface area (Å²) in [5.41, 5.74) is 1.19. The molecule has 0 saturated heterocycles. The Morgan fingerprint density at radius 3 is 1.38 bits per heavy atom. The Morgan fingerprint density at radius 1 is 0.588 bits per heavy atom. The molecule has 0 spiro atoms. The molecular formula is C26H26N2O4S2. The number of anilines is 2. The van der Waals surface area contributed by atoms with Crippen molar-refractivity contribution in [1.29, 1.82) is 0 Å². The summed E-state index contributed by atoms with van der Waals surface area (Å²) in [4.78, 5) is 0. The zero-order valence-corrected chi connectivity index (χ0v) is 20.6. The minimum absolute atomic E-state index is 0.0867. The summed E-state index contributed by atoms with van der Waals surface area (Å²) < 4.78 is 51.9. The molecule has 0 radical (unpaired) electrons. The summed E-state index contributed by atoms with van der Waals surface area (Å²) in [5, 5.41) is 9.81. The molecule has 8 heteroatoms. The van der Waals surface area contributed by atoms with E-state index in [1.807, 2.05) is 72.8 Å². The van der Waals surface area contributed by atoms with Crippen molar-refractivity contribution in [3.63, 3.8) is 0 Å². The normalized spacial score (nSPS) is 11.9.